The fraction of sp³-hybridized carbons (Fsp3) is 0.190. The Labute approximate surface area is 183 Å². The van der Waals surface area contributed by atoms with Gasteiger partial charge in [0.25, 0.3) is 0 Å². The first kappa shape index (κ1) is 20.0. The summed E-state index contributed by atoms with van der Waals surface area (Å²) in [6.45, 7) is 2.03. The summed E-state index contributed by atoms with van der Waals surface area (Å²) in [5.41, 5.74) is 2.12. The maximum Gasteiger partial charge on any atom is 0.199 e. The number of pyridine rings is 1. The lowest BCUT2D eigenvalue weighted by atomic mass is 10.2. The highest BCUT2D eigenvalue weighted by molar-refractivity contribution is 7.71. The van der Waals surface area contributed by atoms with Gasteiger partial charge in [0, 0.05) is 29.4 Å². The molecular weight excluding hydrogens is 422 g/mol. The standard InChI is InChI=1S/C21H20ClN5S2/c1-25(14-18-9-10-19(22)29-18)15-27-21(28)26(13-16-6-3-2-4-7-16)20(24-27)17-8-5-11-23-12-17/h2-12H,13-15H2,1H3. The molecule has 1 aromatic carbocycles. The number of benzene rings is 1. The van der Waals surface area contributed by atoms with Crippen LogP contribution in [0.5, 0.6) is 0 Å². The van der Waals surface area contributed by atoms with E-state index in [1.165, 1.54) is 10.4 Å². The van der Waals surface area contributed by atoms with Gasteiger partial charge in [0.2, 0.25) is 0 Å². The molecule has 3 aromatic heterocycles. The summed E-state index contributed by atoms with van der Waals surface area (Å²) < 4.78 is 5.42. The van der Waals surface area contributed by atoms with Crippen molar-refractivity contribution in [3.63, 3.8) is 0 Å². The third kappa shape index (κ3) is 4.82. The third-order valence-corrected chi connectivity index (χ3v) is 6.10. The van der Waals surface area contributed by atoms with E-state index in [9.17, 15) is 0 Å². The zero-order valence-electron chi connectivity index (χ0n) is 15.9. The van der Waals surface area contributed by atoms with E-state index >= 15 is 0 Å². The SMILES string of the molecule is CN(Cc1ccc(Cl)s1)Cn1nc(-c2cccnc2)n(Cc2ccccc2)c1=S. The Hall–Kier alpha value is -2.32. The van der Waals surface area contributed by atoms with Crippen molar-refractivity contribution in [3.8, 4) is 11.4 Å². The molecule has 0 N–H and O–H groups in total. The first-order valence-corrected chi connectivity index (χ1v) is 10.7. The van der Waals surface area contributed by atoms with Gasteiger partial charge in [-0.3, -0.25) is 14.5 Å². The molecule has 0 unspecified atom stereocenters. The van der Waals surface area contributed by atoms with Crippen LogP contribution in [-0.4, -0.2) is 31.3 Å². The molecule has 5 nitrogen and oxygen atoms in total. The summed E-state index contributed by atoms with van der Waals surface area (Å²) in [6.07, 6.45) is 3.58. The van der Waals surface area contributed by atoms with Crippen LogP contribution in [-0.2, 0) is 19.8 Å². The van der Waals surface area contributed by atoms with Crippen molar-refractivity contribution in [1.29, 1.82) is 0 Å². The summed E-state index contributed by atoms with van der Waals surface area (Å²) >= 11 is 13.4. The predicted molar refractivity (Wildman–Crippen MR) is 121 cm³/mol. The van der Waals surface area contributed by atoms with Crippen LogP contribution < -0.4 is 0 Å². The first-order valence-electron chi connectivity index (χ1n) is 9.15. The van der Waals surface area contributed by atoms with Gasteiger partial charge in [0.05, 0.1) is 17.5 Å². The molecule has 0 aliphatic heterocycles. The zero-order valence-corrected chi connectivity index (χ0v) is 18.3. The molecule has 0 amide bonds. The molecule has 0 aliphatic carbocycles. The normalized spacial score (nSPS) is 11.3. The van der Waals surface area contributed by atoms with Crippen LogP contribution in [0.25, 0.3) is 11.4 Å². The zero-order chi connectivity index (χ0) is 20.2. The molecule has 148 valence electrons. The van der Waals surface area contributed by atoms with Crippen molar-refractivity contribution < 1.29 is 0 Å². The summed E-state index contributed by atoms with van der Waals surface area (Å²) in [5, 5.41) is 4.83. The van der Waals surface area contributed by atoms with E-state index < -0.39 is 0 Å². The molecule has 8 heteroatoms. The van der Waals surface area contributed by atoms with E-state index in [0.29, 0.717) is 18.0 Å². The molecule has 0 atom stereocenters. The van der Waals surface area contributed by atoms with Gasteiger partial charge < -0.3 is 0 Å². The number of hydrogen-bond donors (Lipinski definition) is 0. The van der Waals surface area contributed by atoms with Gasteiger partial charge in [-0.1, -0.05) is 41.9 Å². The molecule has 0 bridgehead atoms. The lowest BCUT2D eigenvalue weighted by molar-refractivity contribution is 0.246. The second kappa shape index (κ2) is 9.00. The lowest BCUT2D eigenvalue weighted by Gasteiger charge is -2.15. The van der Waals surface area contributed by atoms with Gasteiger partial charge in [-0.2, -0.15) is 5.10 Å². The largest absolute Gasteiger partial charge is 0.295 e. The third-order valence-electron chi connectivity index (χ3n) is 4.46. The average Bonchev–Trinajstić information content (AvgIpc) is 3.27. The van der Waals surface area contributed by atoms with Crippen molar-refractivity contribution in [2.45, 2.75) is 19.8 Å². The highest BCUT2D eigenvalue weighted by Crippen LogP contribution is 2.23. The highest BCUT2D eigenvalue weighted by Gasteiger charge is 2.15. The molecule has 3 heterocycles. The van der Waals surface area contributed by atoms with E-state index in [2.05, 4.69) is 39.7 Å². The fourth-order valence-corrected chi connectivity index (χ4v) is 4.55. The van der Waals surface area contributed by atoms with E-state index in [-0.39, 0.29) is 0 Å². The number of aromatic nitrogens is 4. The maximum absolute atomic E-state index is 6.05. The molecule has 0 saturated heterocycles. The molecule has 0 spiro atoms. The number of nitrogens with zero attached hydrogens (tertiary/aromatic N) is 5. The Morgan fingerprint density at radius 1 is 1.10 bits per heavy atom. The summed E-state index contributed by atoms with van der Waals surface area (Å²) in [4.78, 5) is 7.63. The molecule has 4 rings (SSSR count). The Bertz CT molecular complexity index is 1130. The van der Waals surface area contributed by atoms with Gasteiger partial charge in [0.15, 0.2) is 10.6 Å². The molecule has 0 fully saturated rings. The van der Waals surface area contributed by atoms with Gasteiger partial charge in [-0.25, -0.2) is 4.68 Å². The minimum Gasteiger partial charge on any atom is -0.295 e. The van der Waals surface area contributed by atoms with Crippen LogP contribution in [0.4, 0.5) is 0 Å². The van der Waals surface area contributed by atoms with E-state index in [1.54, 1.807) is 17.5 Å². The van der Waals surface area contributed by atoms with E-state index in [0.717, 1.165) is 22.3 Å². The number of halogens is 1. The first-order chi connectivity index (χ1) is 14.1. The quantitative estimate of drug-likeness (QED) is 0.363. The van der Waals surface area contributed by atoms with Crippen molar-refractivity contribution in [2.24, 2.45) is 0 Å². The average molecular weight is 442 g/mol. The van der Waals surface area contributed by atoms with Gasteiger partial charge >= 0.3 is 0 Å². The highest BCUT2D eigenvalue weighted by atomic mass is 35.5. The number of thiophene rings is 1. The van der Waals surface area contributed by atoms with E-state index in [1.807, 2.05) is 47.3 Å². The minimum atomic E-state index is 0.587. The molecule has 0 saturated carbocycles. The van der Waals surface area contributed by atoms with Crippen molar-refractivity contribution in [3.05, 3.63) is 86.5 Å². The molecule has 29 heavy (non-hydrogen) atoms. The Kier molecular flexibility index (Phi) is 6.20. The molecule has 4 aromatic rings. The Morgan fingerprint density at radius 3 is 2.62 bits per heavy atom. The summed E-state index contributed by atoms with van der Waals surface area (Å²) in [7, 11) is 2.05. The lowest BCUT2D eigenvalue weighted by Crippen LogP contribution is -2.22. The summed E-state index contributed by atoms with van der Waals surface area (Å²) in [5.74, 6) is 0.819. The Balaban J connectivity index is 1.65. The number of rotatable bonds is 7. The second-order valence-electron chi connectivity index (χ2n) is 6.78. The van der Waals surface area contributed by atoms with Crippen molar-refractivity contribution in [2.75, 3.05) is 7.05 Å². The topological polar surface area (TPSA) is 38.9 Å². The Morgan fingerprint density at radius 2 is 1.93 bits per heavy atom. The van der Waals surface area contributed by atoms with E-state index in [4.69, 9.17) is 28.9 Å². The van der Waals surface area contributed by atoms with Crippen LogP contribution >= 0.6 is 35.2 Å². The van der Waals surface area contributed by atoms with Crippen LogP contribution in [0.15, 0.2) is 67.0 Å². The monoisotopic (exact) mass is 441 g/mol. The van der Waals surface area contributed by atoms with Crippen molar-refractivity contribution in [1.82, 2.24) is 24.2 Å². The van der Waals surface area contributed by atoms with Gasteiger partial charge in [-0.05, 0) is 49.1 Å². The van der Waals surface area contributed by atoms with Crippen LogP contribution in [0.1, 0.15) is 10.4 Å². The number of hydrogen-bond acceptors (Lipinski definition) is 5. The van der Waals surface area contributed by atoms with Crippen LogP contribution in [0.3, 0.4) is 0 Å². The molecule has 0 aliphatic rings. The van der Waals surface area contributed by atoms with Crippen LogP contribution in [0.2, 0.25) is 4.34 Å². The molecule has 0 radical (unpaired) electrons. The predicted octanol–water partition coefficient (Wildman–Crippen LogP) is 5.33. The maximum atomic E-state index is 6.05. The fourth-order valence-electron chi connectivity index (χ4n) is 3.13. The smallest absolute Gasteiger partial charge is 0.199 e. The molecular formula is C21H20ClN5S2. The van der Waals surface area contributed by atoms with Gasteiger partial charge in [-0.15, -0.1) is 11.3 Å². The summed E-state index contributed by atoms with van der Waals surface area (Å²) in [6, 6.07) is 18.2. The second-order valence-corrected chi connectivity index (χ2v) is 8.95. The van der Waals surface area contributed by atoms with Crippen molar-refractivity contribution >= 4 is 35.2 Å². The minimum absolute atomic E-state index is 0.587. The van der Waals surface area contributed by atoms with Crippen LogP contribution in [0, 0.1) is 4.77 Å². The van der Waals surface area contributed by atoms with Gasteiger partial charge in [0.1, 0.15) is 0 Å².